The van der Waals surface area contributed by atoms with Crippen LogP contribution < -0.4 is 10.1 Å². The molecule has 0 aliphatic rings. The Hall–Kier alpha value is -1.57. The average molecular weight is 297 g/mol. The number of benzene rings is 1. The first kappa shape index (κ1) is 14.8. The van der Waals surface area contributed by atoms with E-state index in [4.69, 9.17) is 9.47 Å². The van der Waals surface area contributed by atoms with E-state index >= 15 is 0 Å². The van der Waals surface area contributed by atoms with Crippen LogP contribution in [-0.4, -0.2) is 37.6 Å². The number of aromatic nitrogens is 2. The molecule has 0 saturated carbocycles. The molecular weight excluding hydrogens is 281 g/mol. The molecule has 0 unspecified atom stereocenters. The number of hydrogen-bond donors (Lipinski definition) is 1. The van der Waals surface area contributed by atoms with Crippen LogP contribution in [0.15, 0.2) is 18.2 Å². The van der Waals surface area contributed by atoms with Gasteiger partial charge in [0, 0.05) is 20.2 Å². The monoisotopic (exact) mass is 297 g/mol. The highest BCUT2D eigenvalue weighted by atomic mass is 32.1. The number of ether oxygens (including phenoxy) is 2. The predicted molar refractivity (Wildman–Crippen MR) is 75.4 cm³/mol. The standard InChI is InChI=1S/C13H16FN3O2S/c1-18-7-6-15-8-11-16-17-13(20-11)12-9(14)4-3-5-10(12)19-2/h3-5,15H,6-8H2,1-2H3. The van der Waals surface area contributed by atoms with Gasteiger partial charge in [-0.3, -0.25) is 0 Å². The summed E-state index contributed by atoms with van der Waals surface area (Å²) in [5.41, 5.74) is 0.357. The lowest BCUT2D eigenvalue weighted by molar-refractivity contribution is 0.199. The van der Waals surface area contributed by atoms with Gasteiger partial charge in [0.15, 0.2) is 5.01 Å². The second kappa shape index (κ2) is 7.28. The first-order chi connectivity index (χ1) is 9.76. The second-order valence-corrected chi connectivity index (χ2v) is 5.05. The van der Waals surface area contributed by atoms with E-state index in [2.05, 4.69) is 15.5 Å². The Balaban J connectivity index is 2.12. The fourth-order valence-corrected chi connectivity index (χ4v) is 2.54. The van der Waals surface area contributed by atoms with E-state index in [-0.39, 0.29) is 5.82 Å². The number of halogens is 1. The minimum atomic E-state index is -0.362. The molecule has 0 aliphatic heterocycles. The molecule has 1 aromatic heterocycles. The van der Waals surface area contributed by atoms with Crippen molar-refractivity contribution in [2.45, 2.75) is 6.54 Å². The van der Waals surface area contributed by atoms with Crippen LogP contribution in [0.2, 0.25) is 0 Å². The van der Waals surface area contributed by atoms with Crippen LogP contribution >= 0.6 is 11.3 Å². The minimum absolute atomic E-state index is 0.357. The lowest BCUT2D eigenvalue weighted by Gasteiger charge is -2.05. The van der Waals surface area contributed by atoms with Crippen molar-refractivity contribution in [3.63, 3.8) is 0 Å². The zero-order valence-electron chi connectivity index (χ0n) is 11.4. The molecule has 0 atom stereocenters. The molecule has 5 nitrogen and oxygen atoms in total. The Labute approximate surface area is 120 Å². The van der Waals surface area contributed by atoms with Gasteiger partial charge in [-0.15, -0.1) is 10.2 Å². The van der Waals surface area contributed by atoms with E-state index in [0.717, 1.165) is 11.6 Å². The lowest BCUT2D eigenvalue weighted by atomic mass is 10.2. The van der Waals surface area contributed by atoms with E-state index < -0.39 is 0 Å². The lowest BCUT2D eigenvalue weighted by Crippen LogP contribution is -2.18. The fourth-order valence-electron chi connectivity index (χ4n) is 1.68. The maximum atomic E-state index is 13.9. The topological polar surface area (TPSA) is 56.3 Å². The summed E-state index contributed by atoms with van der Waals surface area (Å²) in [6.45, 7) is 1.94. The molecule has 0 fully saturated rings. The Kier molecular flexibility index (Phi) is 5.40. The summed E-state index contributed by atoms with van der Waals surface area (Å²) >= 11 is 1.34. The third-order valence-electron chi connectivity index (χ3n) is 2.64. The van der Waals surface area contributed by atoms with Gasteiger partial charge in [-0.2, -0.15) is 0 Å². The van der Waals surface area contributed by atoms with Gasteiger partial charge < -0.3 is 14.8 Å². The molecule has 0 radical (unpaired) electrons. The molecule has 2 aromatic rings. The van der Waals surface area contributed by atoms with E-state index in [0.29, 0.717) is 29.5 Å². The smallest absolute Gasteiger partial charge is 0.154 e. The highest BCUT2D eigenvalue weighted by molar-refractivity contribution is 7.14. The molecule has 0 spiro atoms. The van der Waals surface area contributed by atoms with Crippen LogP contribution in [0.3, 0.4) is 0 Å². The van der Waals surface area contributed by atoms with Gasteiger partial charge in [0.2, 0.25) is 0 Å². The normalized spacial score (nSPS) is 10.8. The van der Waals surface area contributed by atoms with E-state index in [1.54, 1.807) is 19.2 Å². The number of nitrogens with zero attached hydrogens (tertiary/aromatic N) is 2. The van der Waals surface area contributed by atoms with Crippen molar-refractivity contribution >= 4 is 11.3 Å². The molecule has 0 saturated heterocycles. The maximum absolute atomic E-state index is 13.9. The van der Waals surface area contributed by atoms with Gasteiger partial charge in [0.1, 0.15) is 16.6 Å². The van der Waals surface area contributed by atoms with E-state index in [9.17, 15) is 4.39 Å². The number of methoxy groups -OCH3 is 2. The minimum Gasteiger partial charge on any atom is -0.496 e. The summed E-state index contributed by atoms with van der Waals surface area (Å²) in [5.74, 6) is 0.0967. The van der Waals surface area contributed by atoms with E-state index in [1.165, 1.54) is 24.5 Å². The van der Waals surface area contributed by atoms with Gasteiger partial charge >= 0.3 is 0 Å². The summed E-state index contributed by atoms with van der Waals surface area (Å²) in [6.07, 6.45) is 0. The molecule has 1 aromatic carbocycles. The molecular formula is C13H16FN3O2S. The fraction of sp³-hybridized carbons (Fsp3) is 0.385. The van der Waals surface area contributed by atoms with Crippen LogP contribution in [0.1, 0.15) is 5.01 Å². The zero-order chi connectivity index (χ0) is 14.4. The summed E-state index contributed by atoms with van der Waals surface area (Å²) in [5, 5.41) is 12.6. The Bertz CT molecular complexity index is 562. The average Bonchev–Trinajstić information content (AvgIpc) is 2.91. The largest absolute Gasteiger partial charge is 0.496 e. The third kappa shape index (κ3) is 3.50. The first-order valence-corrected chi connectivity index (χ1v) is 6.92. The molecule has 1 heterocycles. The molecule has 0 amide bonds. The molecule has 7 heteroatoms. The molecule has 2 rings (SSSR count). The summed E-state index contributed by atoms with van der Waals surface area (Å²) in [7, 11) is 3.15. The Morgan fingerprint density at radius 1 is 1.30 bits per heavy atom. The molecule has 20 heavy (non-hydrogen) atoms. The summed E-state index contributed by atoms with van der Waals surface area (Å²) in [6, 6.07) is 4.69. The number of nitrogens with one attached hydrogen (secondary N) is 1. The Morgan fingerprint density at radius 3 is 2.90 bits per heavy atom. The van der Waals surface area contributed by atoms with Gasteiger partial charge in [-0.05, 0) is 12.1 Å². The van der Waals surface area contributed by atoms with Crippen molar-refractivity contribution in [3.05, 3.63) is 29.0 Å². The number of rotatable bonds is 7. The van der Waals surface area contributed by atoms with Crippen LogP contribution in [0.4, 0.5) is 4.39 Å². The molecule has 108 valence electrons. The van der Waals surface area contributed by atoms with Crippen molar-refractivity contribution in [3.8, 4) is 16.3 Å². The summed E-state index contributed by atoms with van der Waals surface area (Å²) in [4.78, 5) is 0. The third-order valence-corrected chi connectivity index (χ3v) is 3.58. The highest BCUT2D eigenvalue weighted by Gasteiger charge is 2.16. The maximum Gasteiger partial charge on any atom is 0.154 e. The Morgan fingerprint density at radius 2 is 2.15 bits per heavy atom. The van der Waals surface area contributed by atoms with Crippen LogP contribution in [0.5, 0.6) is 5.75 Å². The highest BCUT2D eigenvalue weighted by Crippen LogP contribution is 2.34. The van der Waals surface area contributed by atoms with Crippen molar-refractivity contribution in [2.75, 3.05) is 27.4 Å². The predicted octanol–water partition coefficient (Wildman–Crippen LogP) is 2.09. The second-order valence-electron chi connectivity index (χ2n) is 3.99. The number of hydrogen-bond acceptors (Lipinski definition) is 6. The van der Waals surface area contributed by atoms with Crippen molar-refractivity contribution < 1.29 is 13.9 Å². The first-order valence-electron chi connectivity index (χ1n) is 6.11. The molecule has 0 aliphatic carbocycles. The van der Waals surface area contributed by atoms with Gasteiger partial charge in [0.05, 0.1) is 19.3 Å². The van der Waals surface area contributed by atoms with Crippen molar-refractivity contribution in [2.24, 2.45) is 0 Å². The molecule has 0 bridgehead atoms. The quantitative estimate of drug-likeness (QED) is 0.793. The van der Waals surface area contributed by atoms with Crippen LogP contribution in [0.25, 0.3) is 10.6 Å². The van der Waals surface area contributed by atoms with Crippen molar-refractivity contribution in [1.82, 2.24) is 15.5 Å². The van der Waals surface area contributed by atoms with E-state index in [1.807, 2.05) is 0 Å². The van der Waals surface area contributed by atoms with Gasteiger partial charge in [-0.25, -0.2) is 4.39 Å². The van der Waals surface area contributed by atoms with Crippen LogP contribution in [-0.2, 0) is 11.3 Å². The summed E-state index contributed by atoms with van der Waals surface area (Å²) < 4.78 is 24.0. The van der Waals surface area contributed by atoms with Gasteiger partial charge in [0.25, 0.3) is 0 Å². The van der Waals surface area contributed by atoms with Gasteiger partial charge in [-0.1, -0.05) is 17.4 Å². The zero-order valence-corrected chi connectivity index (χ0v) is 12.2. The molecule has 1 N–H and O–H groups in total. The van der Waals surface area contributed by atoms with Crippen molar-refractivity contribution in [1.29, 1.82) is 0 Å². The van der Waals surface area contributed by atoms with Crippen LogP contribution in [0, 0.1) is 5.82 Å². The SMILES string of the molecule is COCCNCc1nnc(-c2c(F)cccc2OC)s1.